The van der Waals surface area contributed by atoms with Gasteiger partial charge in [-0.3, -0.25) is 4.68 Å². The normalized spacial score (nSPS) is 10.8. The maximum atomic E-state index is 5.23. The van der Waals surface area contributed by atoms with Crippen LogP contribution < -0.4 is 0 Å². The maximum absolute atomic E-state index is 5.23. The zero-order valence-corrected chi connectivity index (χ0v) is 11.6. The molecule has 0 atom stereocenters. The van der Waals surface area contributed by atoms with Gasteiger partial charge in [-0.1, -0.05) is 35.5 Å². The van der Waals surface area contributed by atoms with Crippen molar-refractivity contribution in [3.05, 3.63) is 53.1 Å². The van der Waals surface area contributed by atoms with Crippen LogP contribution in [0.2, 0.25) is 0 Å². The second-order valence-corrected chi connectivity index (χ2v) is 4.97. The monoisotopic (exact) mass is 318 g/mol. The summed E-state index contributed by atoms with van der Waals surface area (Å²) in [5.74, 6) is 1.24. The molecule has 0 radical (unpaired) electrons. The number of nitrogens with zero attached hydrogens (tertiary/aromatic N) is 4. The van der Waals surface area contributed by atoms with Gasteiger partial charge in [0.1, 0.15) is 0 Å². The average molecular weight is 319 g/mol. The minimum Gasteiger partial charge on any atom is -0.339 e. The first kappa shape index (κ1) is 12.1. The molecule has 2 heterocycles. The first-order chi connectivity index (χ1) is 9.31. The van der Waals surface area contributed by atoms with E-state index in [-0.39, 0.29) is 0 Å². The fourth-order valence-electron chi connectivity index (χ4n) is 1.73. The van der Waals surface area contributed by atoms with Gasteiger partial charge in [0.05, 0.1) is 10.7 Å². The highest BCUT2D eigenvalue weighted by Gasteiger charge is 2.08. The topological polar surface area (TPSA) is 56.7 Å². The summed E-state index contributed by atoms with van der Waals surface area (Å²) >= 11 is 3.36. The third-order valence-corrected chi connectivity index (χ3v) is 3.07. The second kappa shape index (κ2) is 5.36. The standard InChI is InChI=1S/C13H11BrN4O/c14-11-8-15-18(9-11)7-6-12-16-13(17-19-12)10-4-2-1-3-5-10/h1-5,8-9H,6-7H2. The molecule has 0 aliphatic rings. The summed E-state index contributed by atoms with van der Waals surface area (Å²) in [6.45, 7) is 0.710. The molecule has 2 aromatic heterocycles. The van der Waals surface area contributed by atoms with Crippen LogP contribution in [0.3, 0.4) is 0 Å². The second-order valence-electron chi connectivity index (χ2n) is 4.05. The van der Waals surface area contributed by atoms with Crippen LogP contribution in [0, 0.1) is 0 Å². The van der Waals surface area contributed by atoms with E-state index in [1.54, 1.807) is 6.20 Å². The van der Waals surface area contributed by atoms with Gasteiger partial charge < -0.3 is 4.52 Å². The Bertz CT molecular complexity index is 662. The molecule has 6 heteroatoms. The number of benzene rings is 1. The van der Waals surface area contributed by atoms with Gasteiger partial charge in [0.25, 0.3) is 0 Å². The number of aryl methyl sites for hydroxylation is 2. The van der Waals surface area contributed by atoms with Crippen LogP contribution >= 0.6 is 15.9 Å². The van der Waals surface area contributed by atoms with Crippen molar-refractivity contribution in [1.82, 2.24) is 19.9 Å². The van der Waals surface area contributed by atoms with Gasteiger partial charge in [0.15, 0.2) is 0 Å². The van der Waals surface area contributed by atoms with E-state index in [2.05, 4.69) is 31.2 Å². The Labute approximate surface area is 118 Å². The van der Waals surface area contributed by atoms with Crippen LogP contribution in [0.15, 0.2) is 51.7 Å². The van der Waals surface area contributed by atoms with Gasteiger partial charge in [-0.15, -0.1) is 0 Å². The van der Waals surface area contributed by atoms with E-state index < -0.39 is 0 Å². The summed E-state index contributed by atoms with van der Waals surface area (Å²) in [5, 5.41) is 8.15. The fraction of sp³-hybridized carbons (Fsp3) is 0.154. The highest BCUT2D eigenvalue weighted by molar-refractivity contribution is 9.10. The number of halogens is 1. The maximum Gasteiger partial charge on any atom is 0.228 e. The first-order valence-corrected chi connectivity index (χ1v) is 6.66. The van der Waals surface area contributed by atoms with Crippen LogP contribution in [0.5, 0.6) is 0 Å². The van der Waals surface area contributed by atoms with Crippen molar-refractivity contribution in [3.8, 4) is 11.4 Å². The van der Waals surface area contributed by atoms with Crippen LogP contribution in [0.25, 0.3) is 11.4 Å². The van der Waals surface area contributed by atoms with E-state index in [9.17, 15) is 0 Å². The van der Waals surface area contributed by atoms with Crippen LogP contribution in [0.4, 0.5) is 0 Å². The summed E-state index contributed by atoms with van der Waals surface area (Å²) in [5.41, 5.74) is 0.958. The molecule has 0 fully saturated rings. The van der Waals surface area contributed by atoms with Crippen molar-refractivity contribution >= 4 is 15.9 Å². The molecule has 5 nitrogen and oxygen atoms in total. The molecule has 0 bridgehead atoms. The predicted octanol–water partition coefficient (Wildman–Crippen LogP) is 2.94. The number of rotatable bonds is 4. The van der Waals surface area contributed by atoms with Gasteiger partial charge in [-0.05, 0) is 15.9 Å². The van der Waals surface area contributed by atoms with Gasteiger partial charge in [-0.25, -0.2) is 0 Å². The lowest BCUT2D eigenvalue weighted by molar-refractivity contribution is 0.369. The van der Waals surface area contributed by atoms with Gasteiger partial charge in [0.2, 0.25) is 11.7 Å². The smallest absolute Gasteiger partial charge is 0.228 e. The largest absolute Gasteiger partial charge is 0.339 e. The van der Waals surface area contributed by atoms with E-state index in [0.29, 0.717) is 24.7 Å². The zero-order valence-electron chi connectivity index (χ0n) is 10.0. The molecule has 0 unspecified atom stereocenters. The molecule has 1 aromatic carbocycles. The van der Waals surface area contributed by atoms with E-state index in [1.807, 2.05) is 41.2 Å². The van der Waals surface area contributed by atoms with E-state index in [0.717, 1.165) is 10.0 Å². The molecule has 0 aliphatic heterocycles. The molecule has 3 rings (SSSR count). The van der Waals surface area contributed by atoms with Crippen LogP contribution in [0.1, 0.15) is 5.89 Å². The SMILES string of the molecule is Brc1cnn(CCc2nc(-c3ccccc3)no2)c1. The van der Waals surface area contributed by atoms with Crippen LogP contribution in [-0.2, 0) is 13.0 Å². The molecule has 0 amide bonds. The van der Waals surface area contributed by atoms with Crippen molar-refractivity contribution in [1.29, 1.82) is 0 Å². The van der Waals surface area contributed by atoms with Gasteiger partial charge in [0, 0.05) is 24.7 Å². The predicted molar refractivity (Wildman–Crippen MR) is 73.4 cm³/mol. The molecule has 19 heavy (non-hydrogen) atoms. The summed E-state index contributed by atoms with van der Waals surface area (Å²) in [7, 11) is 0. The summed E-state index contributed by atoms with van der Waals surface area (Å²) in [6.07, 6.45) is 4.33. The Balaban J connectivity index is 1.68. The molecule has 0 saturated heterocycles. The Morgan fingerprint density at radius 2 is 2.05 bits per heavy atom. The van der Waals surface area contributed by atoms with E-state index in [1.165, 1.54) is 0 Å². The third kappa shape index (κ3) is 2.90. The fourth-order valence-corrected chi connectivity index (χ4v) is 2.06. The van der Waals surface area contributed by atoms with Crippen molar-refractivity contribution in [2.24, 2.45) is 0 Å². The van der Waals surface area contributed by atoms with Crippen molar-refractivity contribution in [2.75, 3.05) is 0 Å². The van der Waals surface area contributed by atoms with Gasteiger partial charge >= 0.3 is 0 Å². The molecular formula is C13H11BrN4O. The van der Waals surface area contributed by atoms with Gasteiger partial charge in [-0.2, -0.15) is 10.1 Å². The average Bonchev–Trinajstić information content (AvgIpc) is 3.06. The summed E-state index contributed by atoms with van der Waals surface area (Å²) in [4.78, 5) is 4.37. The highest BCUT2D eigenvalue weighted by Crippen LogP contribution is 2.15. The minimum absolute atomic E-state index is 0.616. The van der Waals surface area contributed by atoms with E-state index >= 15 is 0 Å². The van der Waals surface area contributed by atoms with E-state index in [4.69, 9.17) is 4.52 Å². The Hall–Kier alpha value is -1.95. The quantitative estimate of drug-likeness (QED) is 0.742. The summed E-state index contributed by atoms with van der Waals surface area (Å²) in [6, 6.07) is 9.78. The Morgan fingerprint density at radius 1 is 1.21 bits per heavy atom. The van der Waals surface area contributed by atoms with Crippen molar-refractivity contribution in [2.45, 2.75) is 13.0 Å². The Morgan fingerprint density at radius 3 is 2.79 bits per heavy atom. The Kier molecular flexibility index (Phi) is 3.41. The lowest BCUT2D eigenvalue weighted by Crippen LogP contribution is -2.01. The first-order valence-electron chi connectivity index (χ1n) is 5.87. The molecule has 0 N–H and O–H groups in total. The number of aromatic nitrogens is 4. The highest BCUT2D eigenvalue weighted by atomic mass is 79.9. The lowest BCUT2D eigenvalue weighted by atomic mass is 10.2. The van der Waals surface area contributed by atoms with Crippen LogP contribution in [-0.4, -0.2) is 19.9 Å². The minimum atomic E-state index is 0.616. The van der Waals surface area contributed by atoms with Crippen molar-refractivity contribution in [3.63, 3.8) is 0 Å². The molecule has 3 aromatic rings. The van der Waals surface area contributed by atoms with Crippen molar-refractivity contribution < 1.29 is 4.52 Å². The molecule has 0 spiro atoms. The molecule has 96 valence electrons. The molecular weight excluding hydrogens is 308 g/mol. The number of hydrogen-bond acceptors (Lipinski definition) is 4. The summed E-state index contributed by atoms with van der Waals surface area (Å²) < 4.78 is 8.02. The molecule has 0 aliphatic carbocycles. The zero-order chi connectivity index (χ0) is 13.1. The lowest BCUT2D eigenvalue weighted by Gasteiger charge is -1.96. The molecule has 0 saturated carbocycles. The third-order valence-electron chi connectivity index (χ3n) is 2.66. The number of hydrogen-bond donors (Lipinski definition) is 0.